The van der Waals surface area contributed by atoms with Crippen LogP contribution >= 0.6 is 0 Å². The Hall–Kier alpha value is -2.70. The van der Waals surface area contributed by atoms with Crippen molar-refractivity contribution in [3.05, 3.63) is 35.4 Å². The van der Waals surface area contributed by atoms with Gasteiger partial charge in [-0.05, 0) is 43.2 Å². The van der Waals surface area contributed by atoms with Gasteiger partial charge in [0, 0.05) is 18.7 Å². The van der Waals surface area contributed by atoms with Crippen LogP contribution in [0.15, 0.2) is 24.3 Å². The van der Waals surface area contributed by atoms with Gasteiger partial charge in [-0.1, -0.05) is 25.1 Å². The predicted molar refractivity (Wildman–Crippen MR) is 101 cm³/mol. The third-order valence-electron chi connectivity index (χ3n) is 5.71. The standard InChI is InChI=1S/C21H26N2O5/c1-14-7-9-16(10-8-14)22(2)19(25)13-28-20(26)12-23-18(24)11-15-5-3-4-6-17(15)21(23)27/h3-6,14,16H,7-13H2,1-2H3. The molecule has 0 N–H and O–H groups in total. The van der Waals surface area contributed by atoms with Crippen LogP contribution in [0.1, 0.15) is 48.5 Å². The minimum absolute atomic E-state index is 0.0664. The van der Waals surface area contributed by atoms with E-state index >= 15 is 0 Å². The van der Waals surface area contributed by atoms with Crippen LogP contribution in [0, 0.1) is 5.92 Å². The van der Waals surface area contributed by atoms with Crippen molar-refractivity contribution in [2.75, 3.05) is 20.2 Å². The second-order valence-electron chi connectivity index (χ2n) is 7.70. The number of rotatable bonds is 5. The van der Waals surface area contributed by atoms with E-state index in [1.54, 1.807) is 36.2 Å². The average Bonchev–Trinajstić information content (AvgIpc) is 2.69. The second kappa shape index (κ2) is 8.54. The van der Waals surface area contributed by atoms with E-state index in [0.717, 1.165) is 30.6 Å². The lowest BCUT2D eigenvalue weighted by Gasteiger charge is -2.33. The molecule has 0 bridgehead atoms. The van der Waals surface area contributed by atoms with Crippen molar-refractivity contribution in [3.63, 3.8) is 0 Å². The lowest BCUT2D eigenvalue weighted by molar-refractivity contribution is -0.154. The number of likely N-dealkylation sites (N-methyl/N-ethyl adjacent to an activating group) is 1. The normalized spacial score (nSPS) is 21.9. The maximum atomic E-state index is 12.5. The Balaban J connectivity index is 1.51. The molecule has 0 radical (unpaired) electrons. The third kappa shape index (κ3) is 4.40. The number of carbonyl (C=O) groups is 4. The lowest BCUT2D eigenvalue weighted by Crippen LogP contribution is -2.46. The molecule has 0 saturated heterocycles. The van der Waals surface area contributed by atoms with Crippen LogP contribution in [0.3, 0.4) is 0 Å². The first kappa shape index (κ1) is 20.0. The summed E-state index contributed by atoms with van der Waals surface area (Å²) in [6.45, 7) is 1.35. The molecule has 0 spiro atoms. The maximum Gasteiger partial charge on any atom is 0.326 e. The van der Waals surface area contributed by atoms with Crippen molar-refractivity contribution in [1.29, 1.82) is 0 Å². The quantitative estimate of drug-likeness (QED) is 0.569. The van der Waals surface area contributed by atoms with Gasteiger partial charge < -0.3 is 9.64 Å². The molecule has 150 valence electrons. The summed E-state index contributed by atoms with van der Waals surface area (Å²) in [5.41, 5.74) is 1.07. The monoisotopic (exact) mass is 386 g/mol. The van der Waals surface area contributed by atoms with Gasteiger partial charge in [0.25, 0.3) is 11.8 Å². The van der Waals surface area contributed by atoms with Crippen LogP contribution in [0.5, 0.6) is 0 Å². The highest BCUT2D eigenvalue weighted by Crippen LogP contribution is 2.26. The molecule has 2 aliphatic rings. The van der Waals surface area contributed by atoms with Gasteiger partial charge in [0.15, 0.2) is 6.61 Å². The van der Waals surface area contributed by atoms with Crippen molar-refractivity contribution in [1.82, 2.24) is 9.80 Å². The molecule has 7 nitrogen and oxygen atoms in total. The molecule has 3 rings (SSSR count). The number of hydrogen-bond donors (Lipinski definition) is 0. The number of nitrogens with zero attached hydrogens (tertiary/aromatic N) is 2. The van der Waals surface area contributed by atoms with Crippen LogP contribution in [0.25, 0.3) is 0 Å². The molecule has 7 heteroatoms. The van der Waals surface area contributed by atoms with Gasteiger partial charge in [-0.2, -0.15) is 0 Å². The number of hydrogen-bond acceptors (Lipinski definition) is 5. The van der Waals surface area contributed by atoms with E-state index in [-0.39, 0.29) is 25.0 Å². The Labute approximate surface area is 164 Å². The fourth-order valence-corrected chi connectivity index (χ4v) is 3.81. The van der Waals surface area contributed by atoms with E-state index < -0.39 is 24.3 Å². The van der Waals surface area contributed by atoms with Gasteiger partial charge in [-0.3, -0.25) is 24.1 Å². The van der Waals surface area contributed by atoms with Crippen molar-refractivity contribution in [2.45, 2.75) is 45.1 Å². The zero-order valence-corrected chi connectivity index (χ0v) is 16.3. The highest BCUT2D eigenvalue weighted by atomic mass is 16.5. The zero-order chi connectivity index (χ0) is 20.3. The van der Waals surface area contributed by atoms with Gasteiger partial charge in [0.2, 0.25) is 5.91 Å². The number of carbonyl (C=O) groups excluding carboxylic acids is 4. The summed E-state index contributed by atoms with van der Waals surface area (Å²) >= 11 is 0. The predicted octanol–water partition coefficient (Wildman–Crippen LogP) is 1.79. The van der Waals surface area contributed by atoms with E-state index in [1.807, 2.05) is 0 Å². The van der Waals surface area contributed by atoms with Crippen LogP contribution < -0.4 is 0 Å². The lowest BCUT2D eigenvalue weighted by atomic mass is 9.87. The number of amides is 3. The Morgan fingerprint density at radius 2 is 1.82 bits per heavy atom. The fraction of sp³-hybridized carbons (Fsp3) is 0.524. The van der Waals surface area contributed by atoms with Crippen molar-refractivity contribution in [2.24, 2.45) is 5.92 Å². The number of esters is 1. The highest BCUT2D eigenvalue weighted by molar-refractivity contribution is 6.11. The Morgan fingerprint density at radius 1 is 1.14 bits per heavy atom. The fourth-order valence-electron chi connectivity index (χ4n) is 3.81. The molecule has 1 aliphatic carbocycles. The van der Waals surface area contributed by atoms with E-state index in [9.17, 15) is 19.2 Å². The van der Waals surface area contributed by atoms with Crippen molar-refractivity contribution < 1.29 is 23.9 Å². The Bertz CT molecular complexity index is 783. The topological polar surface area (TPSA) is 84.0 Å². The van der Waals surface area contributed by atoms with Crippen molar-refractivity contribution in [3.8, 4) is 0 Å². The van der Waals surface area contributed by atoms with Gasteiger partial charge in [-0.25, -0.2) is 0 Å². The molecule has 1 saturated carbocycles. The van der Waals surface area contributed by atoms with E-state index in [0.29, 0.717) is 17.0 Å². The van der Waals surface area contributed by atoms with E-state index in [2.05, 4.69) is 6.92 Å². The molecular weight excluding hydrogens is 360 g/mol. The molecular formula is C21H26N2O5. The maximum absolute atomic E-state index is 12.5. The van der Waals surface area contributed by atoms with Gasteiger partial charge >= 0.3 is 5.97 Å². The summed E-state index contributed by atoms with van der Waals surface area (Å²) in [5.74, 6) is -1.30. The zero-order valence-electron chi connectivity index (χ0n) is 16.3. The van der Waals surface area contributed by atoms with Crippen LogP contribution in [0.4, 0.5) is 0 Å². The number of imide groups is 1. The summed E-state index contributed by atoms with van der Waals surface area (Å²) in [7, 11) is 1.73. The first-order chi connectivity index (χ1) is 13.4. The molecule has 1 aromatic rings. The summed E-state index contributed by atoms with van der Waals surface area (Å²) in [5, 5.41) is 0. The second-order valence-corrected chi connectivity index (χ2v) is 7.70. The minimum Gasteiger partial charge on any atom is -0.454 e. The summed E-state index contributed by atoms with van der Waals surface area (Å²) < 4.78 is 5.05. The van der Waals surface area contributed by atoms with Crippen molar-refractivity contribution >= 4 is 23.7 Å². The van der Waals surface area contributed by atoms with Crippen LogP contribution in [-0.4, -0.2) is 59.7 Å². The molecule has 1 aliphatic heterocycles. The molecule has 3 amide bonds. The summed E-state index contributed by atoms with van der Waals surface area (Å²) in [6.07, 6.45) is 4.14. The molecule has 28 heavy (non-hydrogen) atoms. The Morgan fingerprint density at radius 3 is 2.54 bits per heavy atom. The molecule has 1 fully saturated rings. The molecule has 0 unspecified atom stereocenters. The average molecular weight is 386 g/mol. The summed E-state index contributed by atoms with van der Waals surface area (Å²) in [6, 6.07) is 7.00. The number of benzene rings is 1. The van der Waals surface area contributed by atoms with Gasteiger partial charge in [-0.15, -0.1) is 0 Å². The van der Waals surface area contributed by atoms with Crippen LogP contribution in [-0.2, 0) is 25.5 Å². The van der Waals surface area contributed by atoms with Crippen LogP contribution in [0.2, 0.25) is 0 Å². The highest BCUT2D eigenvalue weighted by Gasteiger charge is 2.33. The van der Waals surface area contributed by atoms with E-state index in [1.165, 1.54) is 0 Å². The minimum atomic E-state index is -0.764. The number of ether oxygens (including phenoxy) is 1. The Kier molecular flexibility index (Phi) is 6.11. The first-order valence-electron chi connectivity index (χ1n) is 9.70. The molecule has 1 aromatic carbocycles. The molecule has 1 heterocycles. The van der Waals surface area contributed by atoms with Gasteiger partial charge in [0.05, 0.1) is 6.42 Å². The smallest absolute Gasteiger partial charge is 0.326 e. The molecule has 0 aromatic heterocycles. The summed E-state index contributed by atoms with van der Waals surface area (Å²) in [4.78, 5) is 51.6. The first-order valence-corrected chi connectivity index (χ1v) is 9.70. The van der Waals surface area contributed by atoms with Gasteiger partial charge in [0.1, 0.15) is 6.54 Å². The largest absolute Gasteiger partial charge is 0.454 e. The molecule has 0 atom stereocenters. The number of fused-ring (bicyclic) bond motifs is 1. The third-order valence-corrected chi connectivity index (χ3v) is 5.71. The SMILES string of the molecule is CC1CCC(N(C)C(=O)COC(=O)CN2C(=O)Cc3ccccc3C2=O)CC1. The van der Waals surface area contributed by atoms with E-state index in [4.69, 9.17) is 4.74 Å².